The molecule has 0 spiro atoms. The van der Waals surface area contributed by atoms with E-state index < -0.39 is 15.9 Å². The van der Waals surface area contributed by atoms with Gasteiger partial charge >= 0.3 is 0 Å². The van der Waals surface area contributed by atoms with Gasteiger partial charge in [0.2, 0.25) is 0 Å². The Morgan fingerprint density at radius 3 is 2.54 bits per heavy atom. The maximum atomic E-state index is 12.6. The van der Waals surface area contributed by atoms with Crippen molar-refractivity contribution in [2.24, 2.45) is 11.7 Å². The molecule has 1 heterocycles. The number of rotatable bonds is 8. The number of amides is 2. The first-order valence-electron chi connectivity index (χ1n) is 8.82. The van der Waals surface area contributed by atoms with Crippen molar-refractivity contribution in [3.8, 4) is 0 Å². The number of hydrogen-bond donors (Lipinski definition) is 1. The maximum Gasteiger partial charge on any atom is 0.269 e. The molecule has 10 heteroatoms. The molecule has 28 heavy (non-hydrogen) atoms. The average molecular weight is 434 g/mol. The molecule has 158 valence electrons. The number of halogens is 1. The predicted molar refractivity (Wildman–Crippen MR) is 108 cm³/mol. The second-order valence-corrected chi connectivity index (χ2v) is 8.84. The molecule has 1 aromatic rings. The van der Waals surface area contributed by atoms with Crippen LogP contribution in [0.25, 0.3) is 0 Å². The van der Waals surface area contributed by atoms with E-state index in [1.54, 1.807) is 7.05 Å². The normalized spacial score (nSPS) is 15.9. The van der Waals surface area contributed by atoms with Crippen LogP contribution in [-0.2, 0) is 14.8 Å². The molecule has 1 aliphatic heterocycles. The molecule has 8 nitrogen and oxygen atoms in total. The van der Waals surface area contributed by atoms with Crippen LogP contribution in [0.5, 0.6) is 0 Å². The van der Waals surface area contributed by atoms with Gasteiger partial charge in [-0.15, -0.1) is 12.4 Å². The standard InChI is InChI=1S/C18H27N3O5S.ClH/c1-12(2)15(19)7-8-20(3)17(22)13-5-6-14-16(11-13)27(24,25)21(18(14)23)9-10-26-4;/h5-6,11-12,15H,7-10,19H2,1-4H3;1H. The van der Waals surface area contributed by atoms with Crippen LogP contribution in [0.15, 0.2) is 23.1 Å². The number of benzene rings is 1. The van der Waals surface area contributed by atoms with E-state index in [0.717, 1.165) is 4.31 Å². The van der Waals surface area contributed by atoms with Gasteiger partial charge in [0.25, 0.3) is 21.8 Å². The highest BCUT2D eigenvalue weighted by molar-refractivity contribution is 7.90. The highest BCUT2D eigenvalue weighted by Crippen LogP contribution is 2.31. The summed E-state index contributed by atoms with van der Waals surface area (Å²) in [5.41, 5.74) is 6.31. The Balaban J connectivity index is 0.00000392. The third kappa shape index (κ3) is 4.83. The zero-order chi connectivity index (χ0) is 20.4. The second kappa shape index (κ2) is 9.69. The summed E-state index contributed by atoms with van der Waals surface area (Å²) in [5, 5.41) is 0. The third-order valence-corrected chi connectivity index (χ3v) is 6.58. The Morgan fingerprint density at radius 2 is 1.96 bits per heavy atom. The Hall–Kier alpha value is -1.68. The summed E-state index contributed by atoms with van der Waals surface area (Å²) < 4.78 is 30.9. The summed E-state index contributed by atoms with van der Waals surface area (Å²) in [6, 6.07) is 4.12. The number of nitrogens with two attached hydrogens (primary N) is 1. The lowest BCUT2D eigenvalue weighted by Gasteiger charge is -2.21. The highest BCUT2D eigenvalue weighted by Gasteiger charge is 2.41. The SMILES string of the molecule is COCCN1C(=O)c2ccc(C(=O)N(C)CCC(N)C(C)C)cc2S1(=O)=O.Cl. The lowest BCUT2D eigenvalue weighted by atomic mass is 10.0. The number of hydrogen-bond acceptors (Lipinski definition) is 6. The molecule has 2 rings (SSSR count). The van der Waals surface area contributed by atoms with E-state index in [-0.39, 0.29) is 53.5 Å². The molecule has 0 aromatic heterocycles. The molecule has 1 unspecified atom stereocenters. The molecule has 0 bridgehead atoms. The monoisotopic (exact) mass is 433 g/mol. The lowest BCUT2D eigenvalue weighted by molar-refractivity contribution is 0.0786. The molecular formula is C18H28ClN3O5S. The first-order valence-corrected chi connectivity index (χ1v) is 10.3. The van der Waals surface area contributed by atoms with Crippen molar-refractivity contribution in [2.75, 3.05) is 33.9 Å². The molecule has 0 aliphatic carbocycles. The summed E-state index contributed by atoms with van der Waals surface area (Å²) in [4.78, 5) is 26.4. The first kappa shape index (κ1) is 24.4. The third-order valence-electron chi connectivity index (χ3n) is 4.75. The van der Waals surface area contributed by atoms with E-state index in [1.165, 1.54) is 30.2 Å². The van der Waals surface area contributed by atoms with E-state index in [0.29, 0.717) is 18.9 Å². The Kier molecular flexibility index (Phi) is 8.43. The van der Waals surface area contributed by atoms with Gasteiger partial charge in [0, 0.05) is 32.3 Å². The van der Waals surface area contributed by atoms with Crippen molar-refractivity contribution < 1.29 is 22.7 Å². The number of ether oxygens (including phenoxy) is 1. The zero-order valence-electron chi connectivity index (χ0n) is 16.5. The van der Waals surface area contributed by atoms with Crippen molar-refractivity contribution in [1.82, 2.24) is 9.21 Å². The molecule has 1 atom stereocenters. The molecular weight excluding hydrogens is 406 g/mol. The zero-order valence-corrected chi connectivity index (χ0v) is 18.2. The molecule has 0 fully saturated rings. The smallest absolute Gasteiger partial charge is 0.269 e. The fraction of sp³-hybridized carbons (Fsp3) is 0.556. The van der Waals surface area contributed by atoms with Crippen molar-refractivity contribution in [3.05, 3.63) is 29.3 Å². The van der Waals surface area contributed by atoms with E-state index in [4.69, 9.17) is 10.5 Å². The molecule has 0 saturated carbocycles. The second-order valence-electron chi connectivity index (χ2n) is 7.01. The van der Waals surface area contributed by atoms with Crippen LogP contribution in [0.4, 0.5) is 0 Å². The Labute approximate surface area is 172 Å². The number of fused-ring (bicyclic) bond motifs is 1. The van der Waals surface area contributed by atoms with Gasteiger partial charge in [-0.3, -0.25) is 9.59 Å². The fourth-order valence-corrected chi connectivity index (χ4v) is 4.38. The molecule has 1 aromatic carbocycles. The minimum Gasteiger partial charge on any atom is -0.383 e. The number of methoxy groups -OCH3 is 1. The van der Waals surface area contributed by atoms with Gasteiger partial charge < -0.3 is 15.4 Å². The van der Waals surface area contributed by atoms with Crippen LogP contribution in [0, 0.1) is 5.92 Å². The van der Waals surface area contributed by atoms with Gasteiger partial charge in [0.15, 0.2) is 0 Å². The van der Waals surface area contributed by atoms with Crippen LogP contribution in [0.1, 0.15) is 41.0 Å². The summed E-state index contributed by atoms with van der Waals surface area (Å²) in [6.07, 6.45) is 0.645. The van der Waals surface area contributed by atoms with Crippen molar-refractivity contribution in [2.45, 2.75) is 31.2 Å². The average Bonchev–Trinajstić information content (AvgIpc) is 2.82. The van der Waals surface area contributed by atoms with Gasteiger partial charge in [0.05, 0.1) is 18.7 Å². The number of carbonyl (C=O) groups is 2. The van der Waals surface area contributed by atoms with Gasteiger partial charge in [0.1, 0.15) is 4.90 Å². The number of nitrogens with zero attached hydrogens (tertiary/aromatic N) is 2. The topological polar surface area (TPSA) is 110 Å². The van der Waals surface area contributed by atoms with Crippen LogP contribution >= 0.6 is 12.4 Å². The molecule has 0 radical (unpaired) electrons. The summed E-state index contributed by atoms with van der Waals surface area (Å²) in [7, 11) is -0.899. The lowest BCUT2D eigenvalue weighted by Crippen LogP contribution is -2.34. The van der Waals surface area contributed by atoms with Crippen molar-refractivity contribution >= 4 is 34.2 Å². The quantitative estimate of drug-likeness (QED) is 0.662. The van der Waals surface area contributed by atoms with Gasteiger partial charge in [-0.25, -0.2) is 12.7 Å². The number of sulfonamides is 1. The fourth-order valence-electron chi connectivity index (χ4n) is 2.80. The van der Waals surface area contributed by atoms with E-state index >= 15 is 0 Å². The van der Waals surface area contributed by atoms with E-state index in [1.807, 2.05) is 13.8 Å². The number of carbonyl (C=O) groups excluding carboxylic acids is 2. The Bertz CT molecular complexity index is 829. The van der Waals surface area contributed by atoms with Crippen molar-refractivity contribution in [3.63, 3.8) is 0 Å². The molecule has 0 saturated heterocycles. The summed E-state index contributed by atoms with van der Waals surface area (Å²) in [5.74, 6) is -0.605. The summed E-state index contributed by atoms with van der Waals surface area (Å²) in [6.45, 7) is 4.53. The van der Waals surface area contributed by atoms with Gasteiger partial charge in [-0.2, -0.15) is 0 Å². The maximum absolute atomic E-state index is 12.6. The molecule has 1 aliphatic rings. The van der Waals surface area contributed by atoms with E-state index in [9.17, 15) is 18.0 Å². The van der Waals surface area contributed by atoms with Gasteiger partial charge in [-0.05, 0) is 30.5 Å². The van der Waals surface area contributed by atoms with Crippen LogP contribution < -0.4 is 5.73 Å². The highest BCUT2D eigenvalue weighted by atomic mass is 35.5. The van der Waals surface area contributed by atoms with Gasteiger partial charge in [-0.1, -0.05) is 13.8 Å². The minimum atomic E-state index is -3.97. The first-order chi connectivity index (χ1) is 12.6. The van der Waals surface area contributed by atoms with Crippen LogP contribution in [-0.4, -0.2) is 69.3 Å². The van der Waals surface area contributed by atoms with Crippen LogP contribution in [0.3, 0.4) is 0 Å². The largest absolute Gasteiger partial charge is 0.383 e. The van der Waals surface area contributed by atoms with Crippen LogP contribution in [0.2, 0.25) is 0 Å². The molecule has 2 N–H and O–H groups in total. The Morgan fingerprint density at radius 1 is 1.32 bits per heavy atom. The summed E-state index contributed by atoms with van der Waals surface area (Å²) >= 11 is 0. The molecule has 2 amide bonds. The van der Waals surface area contributed by atoms with E-state index in [2.05, 4.69) is 0 Å². The minimum absolute atomic E-state index is 0. The van der Waals surface area contributed by atoms with Crippen molar-refractivity contribution in [1.29, 1.82) is 0 Å². The predicted octanol–water partition coefficient (Wildman–Crippen LogP) is 1.34.